The maximum Gasteiger partial charge on any atom is 0.314 e. The molecular weight excluding hydrogens is 347 g/mol. The molecule has 0 saturated carbocycles. The molecule has 1 aromatic carbocycles. The van der Waals surface area contributed by atoms with E-state index in [-0.39, 0.29) is 11.8 Å². The van der Waals surface area contributed by atoms with Gasteiger partial charge in [-0.1, -0.05) is 6.07 Å². The van der Waals surface area contributed by atoms with Gasteiger partial charge in [0.2, 0.25) is 17.6 Å². The first kappa shape index (κ1) is 15.1. The summed E-state index contributed by atoms with van der Waals surface area (Å²) in [4.78, 5) is 18.2. The minimum absolute atomic E-state index is 0.0193. The van der Waals surface area contributed by atoms with Gasteiger partial charge in [0.1, 0.15) is 0 Å². The third-order valence-corrected chi connectivity index (χ3v) is 2.93. The lowest BCUT2D eigenvalue weighted by atomic mass is 10.3. The van der Waals surface area contributed by atoms with Crippen LogP contribution in [0.25, 0.3) is 0 Å². The zero-order chi connectivity index (χ0) is 15.4. The number of rotatable bonds is 5. The van der Waals surface area contributed by atoms with Crippen LogP contribution in [-0.2, 0) is 0 Å². The van der Waals surface area contributed by atoms with E-state index in [1.807, 2.05) is 6.92 Å². The Morgan fingerprint density at radius 1 is 1.52 bits per heavy atom. The van der Waals surface area contributed by atoms with E-state index >= 15 is 0 Å². The van der Waals surface area contributed by atoms with E-state index < -0.39 is 22.2 Å². The fourth-order valence-electron chi connectivity index (χ4n) is 1.51. The fourth-order valence-corrected chi connectivity index (χ4v) is 1.78. The van der Waals surface area contributed by atoms with Crippen molar-refractivity contribution in [1.82, 2.24) is 9.97 Å². The van der Waals surface area contributed by atoms with Crippen molar-refractivity contribution in [2.75, 3.05) is 11.9 Å². The van der Waals surface area contributed by atoms with Gasteiger partial charge in [0.15, 0.2) is 5.82 Å². The quantitative estimate of drug-likeness (QED) is 0.651. The Bertz CT molecular complexity index is 684. The van der Waals surface area contributed by atoms with Gasteiger partial charge in [-0.15, -0.1) is 0 Å². The van der Waals surface area contributed by atoms with Crippen LogP contribution in [0.2, 0.25) is 0 Å². The maximum atomic E-state index is 13.8. The molecule has 2 rings (SSSR count). The number of anilines is 1. The molecular formula is C12H10BrFN4O3. The monoisotopic (exact) mass is 356 g/mol. The number of ether oxygens (including phenoxy) is 1. The molecule has 0 spiro atoms. The first-order valence-electron chi connectivity index (χ1n) is 5.90. The number of hydrogen-bond acceptors (Lipinski definition) is 6. The summed E-state index contributed by atoms with van der Waals surface area (Å²) in [6.45, 7) is 2.44. The van der Waals surface area contributed by atoms with Gasteiger partial charge < -0.3 is 10.1 Å². The Morgan fingerprint density at radius 3 is 2.95 bits per heavy atom. The molecule has 0 aliphatic carbocycles. The lowest BCUT2D eigenvalue weighted by Gasteiger charge is -2.09. The summed E-state index contributed by atoms with van der Waals surface area (Å²) < 4.78 is 19.4. The largest absolute Gasteiger partial charge is 0.427 e. The topological polar surface area (TPSA) is 90.2 Å². The smallest absolute Gasteiger partial charge is 0.314 e. The predicted molar refractivity (Wildman–Crippen MR) is 77.0 cm³/mol. The summed E-state index contributed by atoms with van der Waals surface area (Å²) in [5.41, 5.74) is -0.481. The molecule has 1 N–H and O–H groups in total. The molecule has 21 heavy (non-hydrogen) atoms. The highest BCUT2D eigenvalue weighted by Crippen LogP contribution is 2.35. The molecule has 2 aromatic rings. The highest BCUT2D eigenvalue weighted by Gasteiger charge is 2.22. The molecule has 0 bridgehead atoms. The van der Waals surface area contributed by atoms with E-state index in [1.165, 1.54) is 12.3 Å². The van der Waals surface area contributed by atoms with Crippen LogP contribution < -0.4 is 10.1 Å². The highest BCUT2D eigenvalue weighted by molar-refractivity contribution is 9.10. The van der Waals surface area contributed by atoms with Crippen molar-refractivity contribution in [2.24, 2.45) is 0 Å². The minimum Gasteiger partial charge on any atom is -0.427 e. The Balaban J connectivity index is 2.42. The first-order chi connectivity index (χ1) is 10.0. The van der Waals surface area contributed by atoms with Crippen LogP contribution in [0.5, 0.6) is 11.6 Å². The van der Waals surface area contributed by atoms with Crippen molar-refractivity contribution < 1.29 is 14.1 Å². The lowest BCUT2D eigenvalue weighted by Crippen LogP contribution is -2.04. The summed E-state index contributed by atoms with van der Waals surface area (Å²) in [6.07, 6.45) is 1.41. The van der Waals surface area contributed by atoms with E-state index in [0.717, 1.165) is 12.1 Å². The highest BCUT2D eigenvalue weighted by atomic mass is 79.9. The third-order valence-electron chi connectivity index (χ3n) is 2.39. The van der Waals surface area contributed by atoms with Crippen molar-refractivity contribution in [3.8, 4) is 11.6 Å². The number of halogens is 2. The summed E-state index contributed by atoms with van der Waals surface area (Å²) >= 11 is 3.16. The molecule has 1 heterocycles. The van der Waals surface area contributed by atoms with Crippen LogP contribution in [0.4, 0.5) is 16.0 Å². The van der Waals surface area contributed by atoms with Gasteiger partial charge in [-0.2, -0.15) is 4.98 Å². The standard InChI is InChI=1S/C12H10BrFN4O3/c1-2-15-12-16-6-7(13)11(17-12)21-10-8(14)4-3-5-9(10)18(19)20/h3-6H,2H2,1H3,(H,15,16,17). The molecule has 0 aliphatic rings. The van der Waals surface area contributed by atoms with Crippen LogP contribution in [0.3, 0.4) is 0 Å². The van der Waals surface area contributed by atoms with Gasteiger partial charge in [-0.25, -0.2) is 9.37 Å². The predicted octanol–water partition coefficient (Wildman–Crippen LogP) is 3.51. The van der Waals surface area contributed by atoms with Crippen molar-refractivity contribution in [1.29, 1.82) is 0 Å². The van der Waals surface area contributed by atoms with Gasteiger partial charge in [0, 0.05) is 12.6 Å². The Labute approximate surface area is 127 Å². The second kappa shape index (κ2) is 6.44. The fraction of sp³-hybridized carbons (Fsp3) is 0.167. The molecule has 0 fully saturated rings. The zero-order valence-electron chi connectivity index (χ0n) is 10.8. The number of benzene rings is 1. The van der Waals surface area contributed by atoms with E-state index in [0.29, 0.717) is 11.0 Å². The summed E-state index contributed by atoms with van der Waals surface area (Å²) in [5, 5.41) is 13.8. The van der Waals surface area contributed by atoms with Crippen LogP contribution in [0, 0.1) is 15.9 Å². The summed E-state index contributed by atoms with van der Waals surface area (Å²) in [7, 11) is 0. The van der Waals surface area contributed by atoms with Crippen LogP contribution in [0.1, 0.15) is 6.92 Å². The first-order valence-corrected chi connectivity index (χ1v) is 6.69. The molecule has 0 radical (unpaired) electrons. The van der Waals surface area contributed by atoms with Gasteiger partial charge in [0.25, 0.3) is 0 Å². The normalized spacial score (nSPS) is 10.2. The van der Waals surface area contributed by atoms with E-state index in [4.69, 9.17) is 4.74 Å². The van der Waals surface area contributed by atoms with Gasteiger partial charge in [-0.3, -0.25) is 10.1 Å². The van der Waals surface area contributed by atoms with E-state index in [1.54, 1.807) is 0 Å². The molecule has 0 amide bonds. The number of nitro groups is 1. The molecule has 0 atom stereocenters. The molecule has 9 heteroatoms. The number of hydrogen-bond donors (Lipinski definition) is 1. The number of nitrogens with one attached hydrogen (secondary N) is 1. The molecule has 0 unspecified atom stereocenters. The molecule has 110 valence electrons. The van der Waals surface area contributed by atoms with Crippen molar-refractivity contribution in [3.05, 3.63) is 44.8 Å². The second-order valence-electron chi connectivity index (χ2n) is 3.82. The Morgan fingerprint density at radius 2 is 2.29 bits per heavy atom. The minimum atomic E-state index is -0.847. The van der Waals surface area contributed by atoms with E-state index in [9.17, 15) is 14.5 Å². The molecule has 0 aliphatic heterocycles. The lowest BCUT2D eigenvalue weighted by molar-refractivity contribution is -0.385. The number of nitro benzene ring substituents is 1. The average Bonchev–Trinajstić information content (AvgIpc) is 2.44. The van der Waals surface area contributed by atoms with E-state index in [2.05, 4.69) is 31.2 Å². The van der Waals surface area contributed by atoms with Crippen molar-refractivity contribution in [3.63, 3.8) is 0 Å². The summed E-state index contributed by atoms with van der Waals surface area (Å²) in [5.74, 6) is -1.09. The van der Waals surface area contributed by atoms with Gasteiger partial charge in [0.05, 0.1) is 15.6 Å². The number of para-hydroxylation sites is 1. The maximum absolute atomic E-state index is 13.8. The average molecular weight is 357 g/mol. The Hall–Kier alpha value is -2.29. The SMILES string of the molecule is CCNc1ncc(Br)c(Oc2c(F)cccc2[N+](=O)[O-])n1. The van der Waals surface area contributed by atoms with Crippen LogP contribution >= 0.6 is 15.9 Å². The van der Waals surface area contributed by atoms with Gasteiger partial charge >= 0.3 is 5.69 Å². The number of nitrogens with zero attached hydrogens (tertiary/aromatic N) is 3. The summed E-state index contributed by atoms with van der Waals surface area (Å²) in [6, 6.07) is 3.46. The van der Waals surface area contributed by atoms with Gasteiger partial charge in [-0.05, 0) is 28.9 Å². The zero-order valence-corrected chi connectivity index (χ0v) is 12.4. The molecule has 1 aromatic heterocycles. The number of aromatic nitrogens is 2. The second-order valence-corrected chi connectivity index (χ2v) is 4.68. The molecule has 7 nitrogen and oxygen atoms in total. The van der Waals surface area contributed by atoms with Crippen molar-refractivity contribution >= 4 is 27.6 Å². The van der Waals surface area contributed by atoms with Crippen LogP contribution in [-0.4, -0.2) is 21.4 Å². The van der Waals surface area contributed by atoms with Crippen molar-refractivity contribution in [2.45, 2.75) is 6.92 Å². The molecule has 0 saturated heterocycles. The van der Waals surface area contributed by atoms with Crippen LogP contribution in [0.15, 0.2) is 28.9 Å². The Kier molecular flexibility index (Phi) is 4.63. The third kappa shape index (κ3) is 3.43.